The molecule has 0 unspecified atom stereocenters. The highest BCUT2D eigenvalue weighted by molar-refractivity contribution is 5.94. The molecule has 1 aromatic heterocycles. The Kier molecular flexibility index (Phi) is 4.80. The largest absolute Gasteiger partial charge is 0.394 e. The zero-order valence-electron chi connectivity index (χ0n) is 13.8. The molecule has 0 atom stereocenters. The number of nitrogens with zero attached hydrogens (tertiary/aromatic N) is 3. The first-order chi connectivity index (χ1) is 11.7. The lowest BCUT2D eigenvalue weighted by Crippen LogP contribution is -2.50. The van der Waals surface area contributed by atoms with Gasteiger partial charge in [0.05, 0.1) is 17.8 Å². The van der Waals surface area contributed by atoms with Gasteiger partial charge in [-0.1, -0.05) is 25.0 Å². The maximum absolute atomic E-state index is 12.4. The third-order valence-electron chi connectivity index (χ3n) is 4.61. The molecular formula is C17H23N5O2. The van der Waals surface area contributed by atoms with Gasteiger partial charge in [0.25, 0.3) is 0 Å². The zero-order chi connectivity index (χ0) is 17.0. The Morgan fingerprint density at radius 1 is 1.33 bits per heavy atom. The van der Waals surface area contributed by atoms with Crippen molar-refractivity contribution in [1.29, 1.82) is 0 Å². The fraction of sp³-hybridized carbons (Fsp3) is 0.471. The van der Waals surface area contributed by atoms with Crippen molar-refractivity contribution in [2.24, 2.45) is 0 Å². The number of aromatic nitrogens is 3. The Morgan fingerprint density at radius 3 is 2.79 bits per heavy atom. The van der Waals surface area contributed by atoms with Gasteiger partial charge >= 0.3 is 6.03 Å². The summed E-state index contributed by atoms with van der Waals surface area (Å²) in [7, 11) is 0. The quantitative estimate of drug-likeness (QED) is 0.785. The molecule has 7 heteroatoms. The Morgan fingerprint density at radius 2 is 2.08 bits per heavy atom. The van der Waals surface area contributed by atoms with Gasteiger partial charge in [-0.2, -0.15) is 0 Å². The molecule has 7 nitrogen and oxygen atoms in total. The first-order valence-corrected chi connectivity index (χ1v) is 8.35. The molecule has 0 radical (unpaired) electrons. The number of aryl methyl sites for hydroxylation is 1. The van der Waals surface area contributed by atoms with Crippen molar-refractivity contribution >= 4 is 11.7 Å². The molecule has 1 heterocycles. The van der Waals surface area contributed by atoms with E-state index >= 15 is 0 Å². The van der Waals surface area contributed by atoms with E-state index in [1.54, 1.807) is 6.33 Å². The fourth-order valence-electron chi connectivity index (χ4n) is 3.25. The predicted molar refractivity (Wildman–Crippen MR) is 91.6 cm³/mol. The topological polar surface area (TPSA) is 92.1 Å². The lowest BCUT2D eigenvalue weighted by molar-refractivity contribution is 0.167. The lowest BCUT2D eigenvalue weighted by Gasteiger charge is -2.28. The van der Waals surface area contributed by atoms with Crippen LogP contribution in [0.1, 0.15) is 32.6 Å². The molecule has 0 bridgehead atoms. The molecule has 24 heavy (non-hydrogen) atoms. The second-order valence-electron chi connectivity index (χ2n) is 6.21. The van der Waals surface area contributed by atoms with Crippen molar-refractivity contribution in [3.05, 3.63) is 30.6 Å². The van der Waals surface area contributed by atoms with Gasteiger partial charge < -0.3 is 20.3 Å². The van der Waals surface area contributed by atoms with E-state index in [2.05, 4.69) is 20.8 Å². The van der Waals surface area contributed by atoms with E-state index in [1.165, 1.54) is 0 Å². The van der Waals surface area contributed by atoms with Crippen molar-refractivity contribution in [2.75, 3.05) is 11.9 Å². The van der Waals surface area contributed by atoms with Crippen LogP contribution >= 0.6 is 0 Å². The van der Waals surface area contributed by atoms with E-state index in [1.807, 2.05) is 35.8 Å². The Bertz CT molecular complexity index is 707. The maximum atomic E-state index is 12.4. The third kappa shape index (κ3) is 3.26. The zero-order valence-corrected chi connectivity index (χ0v) is 13.8. The number of carbonyl (C=O) groups is 1. The van der Waals surface area contributed by atoms with Gasteiger partial charge in [0.2, 0.25) is 0 Å². The summed E-state index contributed by atoms with van der Waals surface area (Å²) in [4.78, 5) is 12.4. The molecule has 1 aromatic carbocycles. The van der Waals surface area contributed by atoms with Crippen LogP contribution in [0.4, 0.5) is 10.5 Å². The van der Waals surface area contributed by atoms with Crippen LogP contribution in [0, 0.1) is 0 Å². The van der Waals surface area contributed by atoms with Crippen molar-refractivity contribution in [1.82, 2.24) is 20.1 Å². The van der Waals surface area contributed by atoms with E-state index in [4.69, 9.17) is 0 Å². The molecule has 3 N–H and O–H groups in total. The summed E-state index contributed by atoms with van der Waals surface area (Å²) in [5.74, 6) is 0.714. The van der Waals surface area contributed by atoms with Crippen LogP contribution in [0.5, 0.6) is 0 Å². The molecule has 0 saturated heterocycles. The normalized spacial score (nSPS) is 16.1. The van der Waals surface area contributed by atoms with Crippen LogP contribution in [-0.2, 0) is 6.54 Å². The first-order valence-electron chi connectivity index (χ1n) is 8.35. The van der Waals surface area contributed by atoms with Crippen molar-refractivity contribution in [3.8, 4) is 11.4 Å². The smallest absolute Gasteiger partial charge is 0.319 e. The predicted octanol–water partition coefficient (Wildman–Crippen LogP) is 2.39. The summed E-state index contributed by atoms with van der Waals surface area (Å²) >= 11 is 0. The minimum atomic E-state index is -0.498. The number of hydrogen-bond donors (Lipinski definition) is 3. The number of rotatable bonds is 5. The van der Waals surface area contributed by atoms with E-state index in [0.717, 1.165) is 37.8 Å². The van der Waals surface area contributed by atoms with E-state index in [9.17, 15) is 9.90 Å². The van der Waals surface area contributed by atoms with E-state index in [-0.39, 0.29) is 12.6 Å². The molecule has 0 spiro atoms. The van der Waals surface area contributed by atoms with Gasteiger partial charge in [0.1, 0.15) is 6.33 Å². The van der Waals surface area contributed by atoms with Crippen molar-refractivity contribution in [3.63, 3.8) is 0 Å². The minimum Gasteiger partial charge on any atom is -0.394 e. The number of carbonyl (C=O) groups excluding carboxylic acids is 1. The van der Waals surface area contributed by atoms with Gasteiger partial charge in [0.15, 0.2) is 5.82 Å². The standard InChI is InChI=1S/C17H23N5O2/c1-2-22-12-18-21-15(22)13-7-3-4-8-14(13)19-16(24)20-17(11-23)9-5-6-10-17/h3-4,7-8,12,23H,2,5-6,9-11H2,1H3,(H2,19,20,24). The average Bonchev–Trinajstić information content (AvgIpc) is 3.24. The number of para-hydroxylation sites is 1. The average molecular weight is 329 g/mol. The van der Waals surface area contributed by atoms with Crippen LogP contribution in [0.2, 0.25) is 0 Å². The minimum absolute atomic E-state index is 0.0355. The highest BCUT2D eigenvalue weighted by atomic mass is 16.3. The van der Waals surface area contributed by atoms with Crippen LogP contribution in [-0.4, -0.2) is 38.0 Å². The summed E-state index contributed by atoms with van der Waals surface area (Å²) in [6, 6.07) is 7.20. The Labute approximate surface area is 141 Å². The molecule has 0 aliphatic heterocycles. The molecule has 128 valence electrons. The second-order valence-corrected chi connectivity index (χ2v) is 6.21. The Hall–Kier alpha value is -2.41. The highest BCUT2D eigenvalue weighted by Crippen LogP contribution is 2.30. The summed E-state index contributed by atoms with van der Waals surface area (Å²) in [5, 5.41) is 23.6. The first kappa shape index (κ1) is 16.4. The highest BCUT2D eigenvalue weighted by Gasteiger charge is 2.34. The lowest BCUT2D eigenvalue weighted by atomic mass is 9.99. The third-order valence-corrected chi connectivity index (χ3v) is 4.61. The van der Waals surface area contributed by atoms with Crippen LogP contribution < -0.4 is 10.6 Å². The molecule has 3 rings (SSSR count). The summed E-state index contributed by atoms with van der Waals surface area (Å²) < 4.78 is 1.92. The van der Waals surface area contributed by atoms with Crippen molar-refractivity contribution < 1.29 is 9.90 Å². The maximum Gasteiger partial charge on any atom is 0.319 e. The van der Waals surface area contributed by atoms with Gasteiger partial charge in [0, 0.05) is 12.1 Å². The summed E-state index contributed by atoms with van der Waals surface area (Å²) in [6.45, 7) is 2.73. The van der Waals surface area contributed by atoms with E-state index in [0.29, 0.717) is 11.5 Å². The van der Waals surface area contributed by atoms with Gasteiger partial charge in [-0.05, 0) is 31.9 Å². The molecular weight excluding hydrogens is 306 g/mol. The molecule has 1 fully saturated rings. The molecule has 1 saturated carbocycles. The monoisotopic (exact) mass is 329 g/mol. The second kappa shape index (κ2) is 7.00. The van der Waals surface area contributed by atoms with Crippen LogP contribution in [0.15, 0.2) is 30.6 Å². The van der Waals surface area contributed by atoms with Gasteiger partial charge in [-0.3, -0.25) is 0 Å². The number of hydrogen-bond acceptors (Lipinski definition) is 4. The van der Waals surface area contributed by atoms with E-state index < -0.39 is 5.54 Å². The van der Waals surface area contributed by atoms with Gasteiger partial charge in [-0.25, -0.2) is 4.79 Å². The number of urea groups is 1. The number of aliphatic hydroxyl groups excluding tert-OH is 1. The number of nitrogens with one attached hydrogen (secondary N) is 2. The summed E-state index contributed by atoms with van der Waals surface area (Å²) in [5.41, 5.74) is 0.989. The number of aliphatic hydroxyl groups is 1. The Balaban J connectivity index is 1.79. The number of anilines is 1. The number of amides is 2. The van der Waals surface area contributed by atoms with Crippen LogP contribution in [0.3, 0.4) is 0 Å². The molecule has 2 amide bonds. The van der Waals surface area contributed by atoms with Crippen LogP contribution in [0.25, 0.3) is 11.4 Å². The van der Waals surface area contributed by atoms with Crippen molar-refractivity contribution in [2.45, 2.75) is 44.7 Å². The number of benzene rings is 1. The fourth-order valence-corrected chi connectivity index (χ4v) is 3.25. The molecule has 2 aromatic rings. The van der Waals surface area contributed by atoms with Gasteiger partial charge in [-0.15, -0.1) is 10.2 Å². The SMILES string of the molecule is CCn1cnnc1-c1ccccc1NC(=O)NC1(CO)CCCC1. The summed E-state index contributed by atoms with van der Waals surface area (Å²) in [6.07, 6.45) is 5.34. The molecule has 1 aliphatic carbocycles. The molecule has 1 aliphatic rings.